The molecule has 3 N–H and O–H groups in total. The summed E-state index contributed by atoms with van der Waals surface area (Å²) < 4.78 is 5.43. The number of carboxylic acids is 1. The van der Waals surface area contributed by atoms with Crippen molar-refractivity contribution in [2.45, 2.75) is 12.8 Å². The van der Waals surface area contributed by atoms with Crippen LogP contribution in [0.3, 0.4) is 0 Å². The first-order valence-electron chi connectivity index (χ1n) is 5.56. The Balaban J connectivity index is 2.53. The number of amides is 2. The number of nitrogens with one attached hydrogen (secondary N) is 2. The molecule has 0 radical (unpaired) electrons. The van der Waals surface area contributed by atoms with Gasteiger partial charge in [0.25, 0.3) is 0 Å². The summed E-state index contributed by atoms with van der Waals surface area (Å²) in [6.45, 7) is 0.290. The summed E-state index contributed by atoms with van der Waals surface area (Å²) in [5.74, 6) is -0.332. The fourth-order valence-corrected chi connectivity index (χ4v) is 1.29. The van der Waals surface area contributed by atoms with Crippen molar-refractivity contribution in [2.24, 2.45) is 0 Å². The summed E-state index contributed by atoms with van der Waals surface area (Å²) in [5.41, 5.74) is 0.548. The Morgan fingerprint density at radius 1 is 1.33 bits per heavy atom. The van der Waals surface area contributed by atoms with Gasteiger partial charge in [0.1, 0.15) is 5.75 Å². The van der Waals surface area contributed by atoms with Gasteiger partial charge in [0.15, 0.2) is 0 Å². The van der Waals surface area contributed by atoms with Gasteiger partial charge in [0.05, 0.1) is 12.3 Å². The summed E-state index contributed by atoms with van der Waals surface area (Å²) in [7, 11) is 1.52. The maximum absolute atomic E-state index is 11.2. The van der Waals surface area contributed by atoms with E-state index < -0.39 is 5.97 Å². The van der Waals surface area contributed by atoms with Crippen LogP contribution < -0.4 is 15.4 Å². The van der Waals surface area contributed by atoms with Gasteiger partial charge in [-0.2, -0.15) is 0 Å². The van der Waals surface area contributed by atoms with Crippen molar-refractivity contribution in [3.63, 3.8) is 0 Å². The largest absolute Gasteiger partial charge is 0.491 e. The van der Waals surface area contributed by atoms with Crippen LogP contribution in [0.5, 0.6) is 5.75 Å². The minimum Gasteiger partial charge on any atom is -0.491 e. The van der Waals surface area contributed by atoms with E-state index in [1.807, 2.05) is 0 Å². The lowest BCUT2D eigenvalue weighted by Gasteiger charge is -2.11. The van der Waals surface area contributed by atoms with Crippen LogP contribution in [0, 0.1) is 0 Å². The smallest absolute Gasteiger partial charge is 0.319 e. The number of carboxylic acid groups (broad SMARTS) is 1. The number of rotatable bonds is 6. The van der Waals surface area contributed by atoms with Gasteiger partial charge in [0, 0.05) is 13.5 Å². The molecule has 0 saturated heterocycles. The average Bonchev–Trinajstić information content (AvgIpc) is 2.36. The van der Waals surface area contributed by atoms with Crippen LogP contribution in [-0.2, 0) is 4.79 Å². The van der Waals surface area contributed by atoms with E-state index in [-0.39, 0.29) is 12.5 Å². The van der Waals surface area contributed by atoms with Crippen LogP contribution in [0.1, 0.15) is 12.8 Å². The zero-order valence-electron chi connectivity index (χ0n) is 10.1. The molecule has 0 aliphatic carbocycles. The van der Waals surface area contributed by atoms with Crippen molar-refractivity contribution in [1.82, 2.24) is 5.32 Å². The number of anilines is 1. The highest BCUT2D eigenvalue weighted by atomic mass is 16.5. The summed E-state index contributed by atoms with van der Waals surface area (Å²) in [6.07, 6.45) is 0.481. The number of carbonyl (C=O) groups excluding carboxylic acids is 1. The van der Waals surface area contributed by atoms with E-state index in [1.165, 1.54) is 7.05 Å². The van der Waals surface area contributed by atoms with Crippen molar-refractivity contribution in [2.75, 3.05) is 19.0 Å². The first kappa shape index (κ1) is 13.8. The first-order valence-corrected chi connectivity index (χ1v) is 5.56. The molecular formula is C12H16N2O4. The third-order valence-corrected chi connectivity index (χ3v) is 2.15. The lowest BCUT2D eigenvalue weighted by atomic mass is 10.3. The Morgan fingerprint density at radius 2 is 2.06 bits per heavy atom. The quantitative estimate of drug-likeness (QED) is 0.672. The van der Waals surface area contributed by atoms with Gasteiger partial charge in [-0.05, 0) is 18.6 Å². The van der Waals surface area contributed by atoms with Crippen LogP contribution in [-0.4, -0.2) is 30.8 Å². The van der Waals surface area contributed by atoms with E-state index in [9.17, 15) is 9.59 Å². The van der Waals surface area contributed by atoms with Gasteiger partial charge in [-0.15, -0.1) is 0 Å². The molecule has 0 spiro atoms. The second-order valence-electron chi connectivity index (χ2n) is 3.55. The minimum atomic E-state index is -0.852. The van der Waals surface area contributed by atoms with E-state index in [2.05, 4.69) is 10.6 Å². The zero-order chi connectivity index (χ0) is 13.4. The Kier molecular flexibility index (Phi) is 5.50. The highest BCUT2D eigenvalue weighted by Crippen LogP contribution is 2.23. The summed E-state index contributed by atoms with van der Waals surface area (Å²) in [4.78, 5) is 21.5. The molecule has 98 valence electrons. The molecule has 18 heavy (non-hydrogen) atoms. The maximum atomic E-state index is 11.2. The predicted octanol–water partition coefficient (Wildman–Crippen LogP) is 1.68. The van der Waals surface area contributed by atoms with Crippen LogP contribution in [0.25, 0.3) is 0 Å². The Bertz CT molecular complexity index is 420. The molecule has 1 aromatic rings. The average molecular weight is 252 g/mol. The topological polar surface area (TPSA) is 87.7 Å². The number of aliphatic carboxylic acids is 1. The molecule has 0 saturated carbocycles. The maximum Gasteiger partial charge on any atom is 0.319 e. The molecule has 2 amide bonds. The van der Waals surface area contributed by atoms with Crippen LogP contribution >= 0.6 is 0 Å². The summed E-state index contributed by atoms with van der Waals surface area (Å²) >= 11 is 0. The molecule has 6 nitrogen and oxygen atoms in total. The van der Waals surface area contributed by atoms with E-state index in [4.69, 9.17) is 9.84 Å². The Labute approximate surface area is 105 Å². The van der Waals surface area contributed by atoms with E-state index in [1.54, 1.807) is 24.3 Å². The SMILES string of the molecule is CNC(=O)Nc1ccccc1OCCCC(=O)O. The third-order valence-electron chi connectivity index (χ3n) is 2.15. The molecule has 0 aliphatic heterocycles. The number of para-hydroxylation sites is 2. The minimum absolute atomic E-state index is 0.0606. The normalized spacial score (nSPS) is 9.61. The Hall–Kier alpha value is -2.24. The first-order chi connectivity index (χ1) is 8.63. The van der Waals surface area contributed by atoms with Crippen LogP contribution in [0.2, 0.25) is 0 Å². The number of benzene rings is 1. The summed E-state index contributed by atoms with van der Waals surface area (Å²) in [6, 6.07) is 6.64. The predicted molar refractivity (Wildman–Crippen MR) is 66.9 cm³/mol. The zero-order valence-corrected chi connectivity index (χ0v) is 10.1. The highest BCUT2D eigenvalue weighted by Gasteiger charge is 2.06. The monoisotopic (exact) mass is 252 g/mol. The molecule has 6 heteroatoms. The highest BCUT2D eigenvalue weighted by molar-refractivity contribution is 5.90. The van der Waals surface area contributed by atoms with E-state index in [0.717, 1.165) is 0 Å². The van der Waals surface area contributed by atoms with Crippen LogP contribution in [0.15, 0.2) is 24.3 Å². The summed E-state index contributed by atoms with van der Waals surface area (Å²) in [5, 5.41) is 13.6. The number of ether oxygens (including phenoxy) is 1. The molecule has 0 fully saturated rings. The van der Waals surface area contributed by atoms with Gasteiger partial charge < -0.3 is 20.5 Å². The molecule has 0 aromatic heterocycles. The van der Waals surface area contributed by atoms with Crippen molar-refractivity contribution in [3.05, 3.63) is 24.3 Å². The molecule has 1 aromatic carbocycles. The van der Waals surface area contributed by atoms with Crippen molar-refractivity contribution in [3.8, 4) is 5.75 Å². The second kappa shape index (κ2) is 7.16. The lowest BCUT2D eigenvalue weighted by Crippen LogP contribution is -2.24. The van der Waals surface area contributed by atoms with Gasteiger partial charge in [0.2, 0.25) is 0 Å². The molecule has 1 rings (SSSR count). The standard InChI is InChI=1S/C12H16N2O4/c1-13-12(17)14-9-5-2-3-6-10(9)18-8-4-7-11(15)16/h2-3,5-6H,4,7-8H2,1H3,(H,15,16)(H2,13,14,17). The second-order valence-corrected chi connectivity index (χ2v) is 3.55. The molecule has 0 unspecified atom stereocenters. The number of hydrogen-bond donors (Lipinski definition) is 3. The molecule has 0 atom stereocenters. The third kappa shape index (κ3) is 4.73. The molecular weight excluding hydrogens is 236 g/mol. The number of carbonyl (C=O) groups is 2. The molecule has 0 aliphatic rings. The van der Waals surface area contributed by atoms with Gasteiger partial charge in [-0.3, -0.25) is 4.79 Å². The Morgan fingerprint density at radius 3 is 2.72 bits per heavy atom. The number of hydrogen-bond acceptors (Lipinski definition) is 3. The molecule has 0 heterocycles. The van der Waals surface area contributed by atoms with Gasteiger partial charge >= 0.3 is 12.0 Å². The van der Waals surface area contributed by atoms with E-state index >= 15 is 0 Å². The van der Waals surface area contributed by atoms with Crippen LogP contribution in [0.4, 0.5) is 10.5 Å². The van der Waals surface area contributed by atoms with E-state index in [0.29, 0.717) is 24.5 Å². The molecule has 0 bridgehead atoms. The van der Waals surface area contributed by atoms with Crippen molar-refractivity contribution < 1.29 is 19.4 Å². The lowest BCUT2D eigenvalue weighted by molar-refractivity contribution is -0.137. The van der Waals surface area contributed by atoms with Crippen molar-refractivity contribution >= 4 is 17.7 Å². The van der Waals surface area contributed by atoms with Crippen molar-refractivity contribution in [1.29, 1.82) is 0 Å². The fourth-order valence-electron chi connectivity index (χ4n) is 1.29. The number of urea groups is 1. The fraction of sp³-hybridized carbons (Fsp3) is 0.333. The van der Waals surface area contributed by atoms with Gasteiger partial charge in [-0.1, -0.05) is 12.1 Å². The van der Waals surface area contributed by atoms with Gasteiger partial charge in [-0.25, -0.2) is 4.79 Å².